The normalized spacial score (nSPS) is 11.9. The summed E-state index contributed by atoms with van der Waals surface area (Å²) in [5, 5.41) is 21.2. The van der Waals surface area contributed by atoms with Crippen molar-refractivity contribution in [3.63, 3.8) is 0 Å². The van der Waals surface area contributed by atoms with Crippen LogP contribution in [0.5, 0.6) is 0 Å². The first-order chi connectivity index (χ1) is 36.2. The number of unbranched alkanes of at least 4 members (excludes halogenated alkanes) is 42. The Hall–Kier alpha value is -1.50. The van der Waals surface area contributed by atoms with Crippen molar-refractivity contribution >= 4 is 23.9 Å². The molecule has 0 aromatic rings. The SMILES string of the molecule is CCCCCCCCCCCCCCC(=O)OC(CCCCCCCCCCC)CCCCCC(=O)[O-].CCCCCCCCCCCCCCC(=O)OC(CCCCCCCCCCC)CCCCCC(=O)[O-].[Zn+2]. The first kappa shape index (κ1) is 77.7. The summed E-state index contributed by atoms with van der Waals surface area (Å²) in [7, 11) is 0. The van der Waals surface area contributed by atoms with Crippen LogP contribution >= 0.6 is 0 Å². The van der Waals surface area contributed by atoms with Crippen LogP contribution < -0.4 is 10.2 Å². The van der Waals surface area contributed by atoms with Crippen LogP contribution in [0.15, 0.2) is 0 Å². The van der Waals surface area contributed by atoms with E-state index in [1.165, 1.54) is 231 Å². The number of rotatable bonds is 60. The van der Waals surface area contributed by atoms with Crippen LogP contribution in [0.25, 0.3) is 0 Å². The second kappa shape index (κ2) is 66.8. The molecule has 9 heteroatoms. The monoisotopic (exact) mass is 1110 g/mol. The zero-order chi connectivity index (χ0) is 54.5. The average Bonchev–Trinajstić information content (AvgIpc) is 3.37. The van der Waals surface area contributed by atoms with E-state index in [4.69, 9.17) is 9.47 Å². The van der Waals surface area contributed by atoms with Gasteiger partial charge in [-0.05, 0) is 89.9 Å². The summed E-state index contributed by atoms with van der Waals surface area (Å²) in [5.41, 5.74) is 0. The Morgan fingerprint density at radius 1 is 0.253 bits per heavy atom. The van der Waals surface area contributed by atoms with Crippen molar-refractivity contribution in [2.24, 2.45) is 0 Å². The van der Waals surface area contributed by atoms with E-state index < -0.39 is 11.9 Å². The molecule has 0 aromatic heterocycles. The third-order valence-corrected chi connectivity index (χ3v) is 15.1. The average molecular weight is 1110 g/mol. The van der Waals surface area contributed by atoms with Gasteiger partial charge in [0.1, 0.15) is 12.2 Å². The summed E-state index contributed by atoms with van der Waals surface area (Å²) < 4.78 is 11.8. The maximum absolute atomic E-state index is 12.5. The predicted octanol–water partition coefficient (Wildman–Crippen LogP) is 19.2. The fourth-order valence-corrected chi connectivity index (χ4v) is 10.2. The molecule has 0 heterocycles. The molecule has 75 heavy (non-hydrogen) atoms. The van der Waals surface area contributed by atoms with Gasteiger partial charge in [-0.2, -0.15) is 0 Å². The molecule has 0 aromatic carbocycles. The zero-order valence-corrected chi connectivity index (χ0v) is 53.7. The third-order valence-electron chi connectivity index (χ3n) is 15.1. The van der Waals surface area contributed by atoms with Gasteiger partial charge in [0.05, 0.1) is 0 Å². The fraction of sp³-hybridized carbons (Fsp3) is 0.939. The molecule has 0 amide bonds. The number of aliphatic carboxylic acids is 2. The Labute approximate surface area is 479 Å². The summed E-state index contributed by atoms with van der Waals surface area (Å²) in [6.07, 6.45) is 64.1. The number of carbonyl (C=O) groups is 4. The number of esters is 2. The van der Waals surface area contributed by atoms with Gasteiger partial charge in [-0.25, -0.2) is 0 Å². The van der Waals surface area contributed by atoms with Crippen molar-refractivity contribution in [2.75, 3.05) is 0 Å². The smallest absolute Gasteiger partial charge is 0.550 e. The second-order valence-electron chi connectivity index (χ2n) is 22.7. The van der Waals surface area contributed by atoms with E-state index in [0.29, 0.717) is 25.7 Å². The van der Waals surface area contributed by atoms with Crippen LogP contribution in [0.3, 0.4) is 0 Å². The van der Waals surface area contributed by atoms with Crippen molar-refractivity contribution in [3.8, 4) is 0 Å². The van der Waals surface area contributed by atoms with Crippen molar-refractivity contribution in [1.29, 1.82) is 0 Å². The summed E-state index contributed by atoms with van der Waals surface area (Å²) in [6, 6.07) is 0. The van der Waals surface area contributed by atoms with Gasteiger partial charge in [0.15, 0.2) is 0 Å². The van der Waals surface area contributed by atoms with Gasteiger partial charge >= 0.3 is 31.4 Å². The summed E-state index contributed by atoms with van der Waals surface area (Å²) >= 11 is 0. The van der Waals surface area contributed by atoms with E-state index in [9.17, 15) is 29.4 Å². The van der Waals surface area contributed by atoms with Gasteiger partial charge in [0, 0.05) is 24.8 Å². The first-order valence-corrected chi connectivity index (χ1v) is 33.0. The zero-order valence-electron chi connectivity index (χ0n) is 50.7. The van der Waals surface area contributed by atoms with E-state index in [-0.39, 0.29) is 56.5 Å². The van der Waals surface area contributed by atoms with E-state index in [1.54, 1.807) is 0 Å². The quantitative estimate of drug-likeness (QED) is 0.0334. The van der Waals surface area contributed by atoms with Gasteiger partial charge in [-0.15, -0.1) is 0 Å². The molecule has 2 atom stereocenters. The largest absolute Gasteiger partial charge is 2.00 e. The number of ether oxygens (including phenoxy) is 2. The van der Waals surface area contributed by atoms with Crippen LogP contribution in [-0.2, 0) is 48.1 Å². The Morgan fingerprint density at radius 2 is 0.413 bits per heavy atom. The Kier molecular flexibility index (Phi) is 69.2. The maximum atomic E-state index is 12.5. The minimum Gasteiger partial charge on any atom is -0.550 e. The fourth-order valence-electron chi connectivity index (χ4n) is 10.2. The maximum Gasteiger partial charge on any atom is 2.00 e. The molecule has 0 N–H and O–H groups in total. The van der Waals surface area contributed by atoms with Crippen LogP contribution in [0.4, 0.5) is 0 Å². The molecular formula is C66H126O8Zn. The molecule has 8 nitrogen and oxygen atoms in total. The third kappa shape index (κ3) is 68.6. The number of carboxylic acid groups (broad SMARTS) is 2. The minimum absolute atomic E-state index is 0. The molecule has 0 saturated heterocycles. The van der Waals surface area contributed by atoms with E-state index in [0.717, 1.165) is 89.9 Å². The molecule has 0 rings (SSSR count). The van der Waals surface area contributed by atoms with Crippen LogP contribution in [0.1, 0.15) is 387 Å². The van der Waals surface area contributed by atoms with E-state index in [2.05, 4.69) is 27.7 Å². The van der Waals surface area contributed by atoms with Crippen molar-refractivity contribution in [2.45, 2.75) is 399 Å². The van der Waals surface area contributed by atoms with Gasteiger partial charge in [0.25, 0.3) is 0 Å². The number of carboxylic acids is 2. The first-order valence-electron chi connectivity index (χ1n) is 33.0. The Bertz CT molecular complexity index is 1080. The molecule has 0 saturated carbocycles. The summed E-state index contributed by atoms with van der Waals surface area (Å²) in [5.74, 6) is -2.02. The molecular weight excluding hydrogens is 986 g/mol. The minimum atomic E-state index is -0.972. The number of carbonyl (C=O) groups excluding carboxylic acids is 4. The van der Waals surface area contributed by atoms with Crippen molar-refractivity contribution in [1.82, 2.24) is 0 Å². The molecule has 0 aliphatic rings. The van der Waals surface area contributed by atoms with Crippen molar-refractivity contribution < 1.29 is 58.3 Å². The molecule has 0 bridgehead atoms. The molecule has 2 unspecified atom stereocenters. The summed E-state index contributed by atoms with van der Waals surface area (Å²) in [6.45, 7) is 9.04. The Balaban J connectivity index is -0.00000136. The van der Waals surface area contributed by atoms with Crippen molar-refractivity contribution in [3.05, 3.63) is 0 Å². The molecule has 0 spiro atoms. The van der Waals surface area contributed by atoms with E-state index >= 15 is 0 Å². The Morgan fingerprint density at radius 3 is 0.613 bits per heavy atom. The van der Waals surface area contributed by atoms with Crippen LogP contribution in [0.2, 0.25) is 0 Å². The van der Waals surface area contributed by atoms with Gasteiger partial charge < -0.3 is 29.3 Å². The molecule has 440 valence electrons. The molecule has 0 radical (unpaired) electrons. The summed E-state index contributed by atoms with van der Waals surface area (Å²) in [4.78, 5) is 46.2. The van der Waals surface area contributed by atoms with Gasteiger partial charge in [0.2, 0.25) is 0 Å². The standard InChI is InChI=1S/2C33H64O4.Zn/c2*1-3-5-7-9-11-13-14-15-17-19-21-26-30-33(36)37-31(28-24-22-25-29-32(34)35)27-23-20-18-16-12-10-8-6-4-2;/h2*31H,3-30H2,1-2H3,(H,34,35);/q;;+2/p-2. The molecule has 0 fully saturated rings. The predicted molar refractivity (Wildman–Crippen MR) is 311 cm³/mol. The van der Waals surface area contributed by atoms with Crippen LogP contribution in [-0.4, -0.2) is 36.1 Å². The number of hydrogen-bond acceptors (Lipinski definition) is 8. The van der Waals surface area contributed by atoms with Gasteiger partial charge in [-0.3, -0.25) is 9.59 Å². The van der Waals surface area contributed by atoms with Crippen LogP contribution in [0, 0.1) is 0 Å². The van der Waals surface area contributed by atoms with E-state index in [1.807, 2.05) is 0 Å². The number of hydrogen-bond donors (Lipinski definition) is 0. The molecule has 0 aliphatic heterocycles. The second-order valence-corrected chi connectivity index (χ2v) is 22.7. The molecule has 0 aliphatic carbocycles. The topological polar surface area (TPSA) is 133 Å². The van der Waals surface area contributed by atoms with Gasteiger partial charge in [-0.1, -0.05) is 285 Å².